The molecule has 0 radical (unpaired) electrons. The molecular formula is C19H15N3OS. The van der Waals surface area contributed by atoms with Gasteiger partial charge in [-0.2, -0.15) is 0 Å². The second-order valence-corrected chi connectivity index (χ2v) is 6.47. The van der Waals surface area contributed by atoms with Gasteiger partial charge in [-0.1, -0.05) is 48.5 Å². The summed E-state index contributed by atoms with van der Waals surface area (Å²) in [6.45, 7) is 0. The summed E-state index contributed by atoms with van der Waals surface area (Å²) >= 11 is 1.67. The van der Waals surface area contributed by atoms with Crippen LogP contribution in [0, 0.1) is 0 Å². The Hall–Kier alpha value is -2.79. The zero-order valence-corrected chi connectivity index (χ0v) is 13.7. The SMILES string of the molecule is O=c1cc(CSc2ccccc2)nc2cc(-c3ccccc3)[nH]n12. The topological polar surface area (TPSA) is 50.2 Å². The standard InChI is InChI=1S/C19H15N3OS/c23-19-11-15(13-24-16-9-5-2-6-10-16)20-18-12-17(21-22(18)19)14-7-3-1-4-8-14/h1-12,21H,13H2. The van der Waals surface area contributed by atoms with E-state index in [-0.39, 0.29) is 5.56 Å². The molecular weight excluding hydrogens is 318 g/mol. The number of hydrogen-bond donors (Lipinski definition) is 1. The minimum absolute atomic E-state index is 0.0918. The lowest BCUT2D eigenvalue weighted by molar-refractivity contribution is 0.891. The predicted molar refractivity (Wildman–Crippen MR) is 97.3 cm³/mol. The first-order valence-electron chi connectivity index (χ1n) is 7.64. The van der Waals surface area contributed by atoms with Crippen molar-refractivity contribution < 1.29 is 0 Å². The Morgan fingerprint density at radius 3 is 2.42 bits per heavy atom. The van der Waals surface area contributed by atoms with E-state index in [0.29, 0.717) is 11.4 Å². The van der Waals surface area contributed by atoms with Crippen molar-refractivity contribution in [2.24, 2.45) is 0 Å². The molecule has 0 unspecified atom stereocenters. The quantitative estimate of drug-likeness (QED) is 0.575. The van der Waals surface area contributed by atoms with E-state index in [1.54, 1.807) is 17.8 Å². The molecule has 24 heavy (non-hydrogen) atoms. The van der Waals surface area contributed by atoms with Crippen molar-refractivity contribution in [2.75, 3.05) is 0 Å². The van der Waals surface area contributed by atoms with Crippen molar-refractivity contribution in [3.8, 4) is 11.3 Å². The van der Waals surface area contributed by atoms with Crippen molar-refractivity contribution in [3.63, 3.8) is 0 Å². The maximum absolute atomic E-state index is 12.3. The lowest BCUT2D eigenvalue weighted by Crippen LogP contribution is -2.15. The molecule has 0 aliphatic heterocycles. The van der Waals surface area contributed by atoms with E-state index in [2.05, 4.69) is 22.2 Å². The molecule has 0 bridgehead atoms. The highest BCUT2D eigenvalue weighted by Gasteiger charge is 2.08. The minimum atomic E-state index is -0.0918. The van der Waals surface area contributed by atoms with E-state index in [9.17, 15) is 4.79 Å². The molecule has 0 spiro atoms. The van der Waals surface area contributed by atoms with Gasteiger partial charge in [0.15, 0.2) is 5.65 Å². The number of aromatic nitrogens is 3. The number of hydrogen-bond acceptors (Lipinski definition) is 3. The lowest BCUT2D eigenvalue weighted by Gasteiger charge is -2.01. The van der Waals surface area contributed by atoms with E-state index >= 15 is 0 Å². The van der Waals surface area contributed by atoms with Gasteiger partial charge in [-0.3, -0.25) is 9.89 Å². The highest BCUT2D eigenvalue weighted by molar-refractivity contribution is 7.98. The summed E-state index contributed by atoms with van der Waals surface area (Å²) in [5.74, 6) is 0.668. The fraction of sp³-hybridized carbons (Fsp3) is 0.0526. The average molecular weight is 333 g/mol. The zero-order valence-electron chi connectivity index (χ0n) is 12.8. The van der Waals surface area contributed by atoms with Crippen LogP contribution in [0.2, 0.25) is 0 Å². The first-order chi connectivity index (χ1) is 11.8. The molecule has 0 aliphatic carbocycles. The van der Waals surface area contributed by atoms with Crippen LogP contribution >= 0.6 is 11.8 Å². The smallest absolute Gasteiger partial charge is 0.272 e. The number of nitrogens with zero attached hydrogens (tertiary/aromatic N) is 2. The number of thioether (sulfide) groups is 1. The van der Waals surface area contributed by atoms with Gasteiger partial charge in [-0.15, -0.1) is 11.8 Å². The van der Waals surface area contributed by atoms with Crippen molar-refractivity contribution >= 4 is 17.4 Å². The number of aromatic amines is 1. The highest BCUT2D eigenvalue weighted by Crippen LogP contribution is 2.22. The normalized spacial score (nSPS) is 11.0. The van der Waals surface area contributed by atoms with Gasteiger partial charge < -0.3 is 0 Å². The molecule has 5 heteroatoms. The summed E-state index contributed by atoms with van der Waals surface area (Å²) in [6.07, 6.45) is 0. The fourth-order valence-corrected chi connectivity index (χ4v) is 3.37. The molecule has 4 nitrogen and oxygen atoms in total. The third-order valence-corrected chi connectivity index (χ3v) is 4.76. The van der Waals surface area contributed by atoms with Gasteiger partial charge in [0.2, 0.25) is 0 Å². The van der Waals surface area contributed by atoms with Crippen molar-refractivity contribution in [1.29, 1.82) is 0 Å². The molecule has 1 N–H and O–H groups in total. The molecule has 0 saturated carbocycles. The molecule has 2 aromatic heterocycles. The second kappa shape index (κ2) is 6.37. The Morgan fingerprint density at radius 2 is 1.67 bits per heavy atom. The van der Waals surface area contributed by atoms with Crippen LogP contribution in [-0.4, -0.2) is 14.6 Å². The van der Waals surface area contributed by atoms with Gasteiger partial charge in [0.1, 0.15) is 0 Å². The summed E-state index contributed by atoms with van der Waals surface area (Å²) in [5, 5.41) is 3.12. The minimum Gasteiger partial charge on any atom is -0.289 e. The molecule has 118 valence electrons. The molecule has 2 aromatic carbocycles. The van der Waals surface area contributed by atoms with Crippen LogP contribution in [0.1, 0.15) is 5.69 Å². The molecule has 0 fully saturated rings. The maximum Gasteiger partial charge on any atom is 0.272 e. The molecule has 0 aliphatic rings. The van der Waals surface area contributed by atoms with Crippen molar-refractivity contribution in [1.82, 2.24) is 14.6 Å². The number of nitrogens with one attached hydrogen (secondary N) is 1. The van der Waals surface area contributed by atoms with E-state index < -0.39 is 0 Å². The molecule has 0 amide bonds. The monoisotopic (exact) mass is 333 g/mol. The first kappa shape index (κ1) is 14.8. The second-order valence-electron chi connectivity index (χ2n) is 5.42. The Kier molecular flexibility index (Phi) is 3.92. The summed E-state index contributed by atoms with van der Waals surface area (Å²) in [4.78, 5) is 18.1. The van der Waals surface area contributed by atoms with Crippen LogP contribution in [0.5, 0.6) is 0 Å². The number of benzene rings is 2. The van der Waals surface area contributed by atoms with Crippen LogP contribution in [0.3, 0.4) is 0 Å². The Labute approximate surface area is 143 Å². The van der Waals surface area contributed by atoms with Crippen LogP contribution < -0.4 is 5.56 Å². The average Bonchev–Trinajstić information content (AvgIpc) is 3.06. The van der Waals surface area contributed by atoms with Gasteiger partial charge >= 0.3 is 0 Å². The van der Waals surface area contributed by atoms with Crippen molar-refractivity contribution in [2.45, 2.75) is 10.6 Å². The Bertz CT molecular complexity index is 1020. The summed E-state index contributed by atoms with van der Waals surface area (Å²) in [5.41, 5.74) is 3.25. The first-order valence-corrected chi connectivity index (χ1v) is 8.63. The van der Waals surface area contributed by atoms with E-state index in [0.717, 1.165) is 17.0 Å². The molecule has 4 rings (SSSR count). The fourth-order valence-electron chi connectivity index (χ4n) is 2.55. The summed E-state index contributed by atoms with van der Waals surface area (Å²) < 4.78 is 1.49. The van der Waals surface area contributed by atoms with E-state index in [4.69, 9.17) is 0 Å². The molecule has 2 heterocycles. The third kappa shape index (κ3) is 2.98. The molecule has 4 aromatic rings. The van der Waals surface area contributed by atoms with Crippen molar-refractivity contribution in [3.05, 3.63) is 88.8 Å². The Balaban J connectivity index is 1.66. The van der Waals surface area contributed by atoms with E-state index in [1.165, 1.54) is 9.41 Å². The Morgan fingerprint density at radius 1 is 0.958 bits per heavy atom. The van der Waals surface area contributed by atoms with E-state index in [1.807, 2.05) is 54.6 Å². The van der Waals surface area contributed by atoms with Gasteiger partial charge in [-0.25, -0.2) is 9.50 Å². The maximum atomic E-state index is 12.3. The van der Waals surface area contributed by atoms with Crippen LogP contribution in [0.4, 0.5) is 0 Å². The molecule has 0 saturated heterocycles. The largest absolute Gasteiger partial charge is 0.289 e. The highest BCUT2D eigenvalue weighted by atomic mass is 32.2. The number of fused-ring (bicyclic) bond motifs is 1. The summed E-state index contributed by atoms with van der Waals surface area (Å²) in [7, 11) is 0. The number of H-pyrrole nitrogens is 1. The summed E-state index contributed by atoms with van der Waals surface area (Å²) in [6, 6.07) is 23.5. The zero-order chi connectivity index (χ0) is 16.4. The van der Waals surface area contributed by atoms with Gasteiger partial charge in [0.05, 0.1) is 11.4 Å². The third-order valence-electron chi connectivity index (χ3n) is 3.72. The van der Waals surface area contributed by atoms with Gasteiger partial charge in [0, 0.05) is 22.8 Å². The van der Waals surface area contributed by atoms with Crippen LogP contribution in [0.25, 0.3) is 16.9 Å². The lowest BCUT2D eigenvalue weighted by atomic mass is 10.2. The van der Waals surface area contributed by atoms with Gasteiger partial charge in [-0.05, 0) is 17.7 Å². The predicted octanol–water partition coefficient (Wildman–Crippen LogP) is 3.98. The van der Waals surface area contributed by atoms with Crippen LogP contribution in [0.15, 0.2) is 82.5 Å². The van der Waals surface area contributed by atoms with Crippen LogP contribution in [-0.2, 0) is 5.75 Å². The number of rotatable bonds is 4. The molecule has 0 atom stereocenters. The van der Waals surface area contributed by atoms with Gasteiger partial charge in [0.25, 0.3) is 5.56 Å².